The van der Waals surface area contributed by atoms with Gasteiger partial charge in [-0.15, -0.1) is 23.7 Å². The van der Waals surface area contributed by atoms with Gasteiger partial charge in [-0.3, -0.25) is 14.2 Å². The van der Waals surface area contributed by atoms with Crippen molar-refractivity contribution in [2.75, 3.05) is 38.6 Å². The molecule has 1 saturated heterocycles. The molecule has 7 nitrogen and oxygen atoms in total. The molecule has 0 amide bonds. The number of carbonyl (C=O) groups is 1. The number of pyridine rings is 1. The first-order chi connectivity index (χ1) is 14.0. The van der Waals surface area contributed by atoms with Crippen molar-refractivity contribution in [3.05, 3.63) is 38.4 Å². The Hall–Kier alpha value is -2.49. The molecule has 0 bridgehead atoms. The molecule has 5 rings (SSSR count). The molecule has 10 heteroatoms. The number of nitrogens with one attached hydrogen (secondary N) is 1. The lowest BCUT2D eigenvalue weighted by atomic mass is 10.1. The van der Waals surface area contributed by atoms with Crippen molar-refractivity contribution in [1.82, 2.24) is 9.72 Å². The van der Waals surface area contributed by atoms with E-state index in [1.807, 2.05) is 11.9 Å². The number of carboxylic acid groups (broad SMARTS) is 1. The smallest absolute Gasteiger partial charge is 0.342 e. The maximum atomic E-state index is 15.4. The van der Waals surface area contributed by atoms with Crippen LogP contribution in [-0.2, 0) is 0 Å². The minimum Gasteiger partial charge on any atom is -0.477 e. The largest absolute Gasteiger partial charge is 0.477 e. The number of hydrogen-bond acceptors (Lipinski definition) is 6. The van der Waals surface area contributed by atoms with Crippen molar-refractivity contribution in [2.45, 2.75) is 6.42 Å². The Labute approximate surface area is 180 Å². The number of anilines is 1. The summed E-state index contributed by atoms with van der Waals surface area (Å²) >= 11 is 1.20. The highest BCUT2D eigenvalue weighted by Crippen LogP contribution is 2.38. The molecule has 4 aromatic rings. The van der Waals surface area contributed by atoms with E-state index in [4.69, 9.17) is 0 Å². The van der Waals surface area contributed by atoms with Gasteiger partial charge in [0, 0.05) is 25.5 Å². The van der Waals surface area contributed by atoms with Crippen LogP contribution < -0.4 is 21.0 Å². The maximum Gasteiger partial charge on any atom is 0.342 e. The molecule has 4 heterocycles. The van der Waals surface area contributed by atoms with Crippen LogP contribution in [-0.4, -0.2) is 49.2 Å². The summed E-state index contributed by atoms with van der Waals surface area (Å²) in [7, 11) is 3.54. The first kappa shape index (κ1) is 20.8. The zero-order valence-electron chi connectivity index (χ0n) is 16.4. The summed E-state index contributed by atoms with van der Waals surface area (Å²) in [6, 6.07) is 1.20. The van der Waals surface area contributed by atoms with Gasteiger partial charge in [0.05, 0.1) is 32.9 Å². The van der Waals surface area contributed by atoms with Gasteiger partial charge in [-0.05, 0) is 32.0 Å². The fraction of sp³-hybridized carbons (Fsp3) is 0.350. The molecule has 3 aromatic heterocycles. The Kier molecular flexibility index (Phi) is 5.08. The van der Waals surface area contributed by atoms with Crippen molar-refractivity contribution in [2.24, 2.45) is 10.9 Å². The van der Waals surface area contributed by atoms with E-state index in [2.05, 4.69) is 10.3 Å². The Bertz CT molecular complexity index is 1400. The SMILES string of the molecule is CN=c1c2c(N3CCC(CNC)C3)c(F)cc3c(=O)c(C(=O)O)c4scc1n4c32.Cl. The monoisotopic (exact) mass is 450 g/mol. The molecule has 1 atom stereocenters. The maximum absolute atomic E-state index is 15.4. The molecule has 30 heavy (non-hydrogen) atoms. The highest BCUT2D eigenvalue weighted by molar-refractivity contribution is 7.16. The number of hydrogen-bond donors (Lipinski definition) is 2. The second-order valence-electron chi connectivity index (χ2n) is 7.48. The van der Waals surface area contributed by atoms with E-state index in [-0.39, 0.29) is 23.4 Å². The molecule has 0 aliphatic carbocycles. The van der Waals surface area contributed by atoms with Crippen molar-refractivity contribution in [3.63, 3.8) is 0 Å². The van der Waals surface area contributed by atoms with Crippen LogP contribution in [0.5, 0.6) is 0 Å². The summed E-state index contributed by atoms with van der Waals surface area (Å²) < 4.78 is 17.1. The number of thiazole rings is 1. The van der Waals surface area contributed by atoms with Crippen LogP contribution in [0.1, 0.15) is 16.8 Å². The molecule has 1 unspecified atom stereocenters. The Morgan fingerprint density at radius 2 is 2.23 bits per heavy atom. The topological polar surface area (TPSA) is 86.4 Å². The second-order valence-corrected chi connectivity index (χ2v) is 8.34. The second kappa shape index (κ2) is 7.33. The molecule has 1 aliphatic rings. The van der Waals surface area contributed by atoms with Crippen LogP contribution in [0.25, 0.3) is 26.6 Å². The van der Waals surface area contributed by atoms with Crippen LogP contribution in [0, 0.1) is 11.7 Å². The lowest BCUT2D eigenvalue weighted by Crippen LogP contribution is -2.26. The summed E-state index contributed by atoms with van der Waals surface area (Å²) in [4.78, 5) is 31.5. The Balaban J connectivity index is 0.00000218. The average molecular weight is 451 g/mol. The van der Waals surface area contributed by atoms with E-state index in [0.29, 0.717) is 44.8 Å². The molecule has 158 valence electrons. The summed E-state index contributed by atoms with van der Waals surface area (Å²) in [5.41, 5.74) is 0.737. The van der Waals surface area contributed by atoms with Gasteiger partial charge >= 0.3 is 5.97 Å². The van der Waals surface area contributed by atoms with Gasteiger partial charge in [0.2, 0.25) is 5.43 Å². The van der Waals surface area contributed by atoms with E-state index in [0.717, 1.165) is 19.5 Å². The first-order valence-corrected chi connectivity index (χ1v) is 10.3. The molecular formula is C20H20ClFN4O3S. The third kappa shape index (κ3) is 2.62. The van der Waals surface area contributed by atoms with Crippen molar-refractivity contribution < 1.29 is 14.3 Å². The fourth-order valence-electron chi connectivity index (χ4n) is 4.72. The number of rotatable bonds is 4. The summed E-state index contributed by atoms with van der Waals surface area (Å²) in [6.07, 6.45) is 0.949. The number of aromatic carboxylic acids is 1. The fourth-order valence-corrected chi connectivity index (χ4v) is 5.75. The minimum atomic E-state index is -1.31. The van der Waals surface area contributed by atoms with Crippen LogP contribution in [0.2, 0.25) is 0 Å². The molecular weight excluding hydrogens is 431 g/mol. The van der Waals surface area contributed by atoms with Gasteiger partial charge in [-0.25, -0.2) is 9.18 Å². The summed E-state index contributed by atoms with van der Waals surface area (Å²) in [5, 5.41) is 15.8. The normalized spacial score (nSPS) is 17.6. The van der Waals surface area contributed by atoms with Crippen LogP contribution >= 0.6 is 23.7 Å². The lowest BCUT2D eigenvalue weighted by Gasteiger charge is -2.21. The third-order valence-corrected chi connectivity index (χ3v) is 6.82. The van der Waals surface area contributed by atoms with Crippen LogP contribution in [0.3, 0.4) is 0 Å². The zero-order chi connectivity index (χ0) is 20.4. The molecule has 0 saturated carbocycles. The summed E-state index contributed by atoms with van der Waals surface area (Å²) in [6.45, 7) is 2.29. The Morgan fingerprint density at radius 3 is 2.90 bits per heavy atom. The molecule has 0 radical (unpaired) electrons. The van der Waals surface area contributed by atoms with Gasteiger partial charge in [0.25, 0.3) is 0 Å². The summed E-state index contributed by atoms with van der Waals surface area (Å²) in [5.74, 6) is -1.41. The van der Waals surface area contributed by atoms with E-state index in [9.17, 15) is 14.7 Å². The minimum absolute atomic E-state index is 0. The number of carboxylic acids is 1. The van der Waals surface area contributed by atoms with Gasteiger partial charge in [-0.1, -0.05) is 0 Å². The zero-order valence-corrected chi connectivity index (χ0v) is 18.0. The van der Waals surface area contributed by atoms with Crippen molar-refractivity contribution >= 4 is 62.0 Å². The molecule has 1 aliphatic heterocycles. The number of halogens is 2. The average Bonchev–Trinajstić information content (AvgIpc) is 3.37. The predicted octanol–water partition coefficient (Wildman–Crippen LogP) is 2.38. The third-order valence-electron chi connectivity index (χ3n) is 5.87. The molecule has 1 fully saturated rings. The highest BCUT2D eigenvalue weighted by Gasteiger charge is 2.31. The number of nitrogens with zero attached hydrogens (tertiary/aromatic N) is 3. The van der Waals surface area contributed by atoms with Gasteiger partial charge in [0.15, 0.2) is 0 Å². The van der Waals surface area contributed by atoms with Crippen molar-refractivity contribution in [1.29, 1.82) is 0 Å². The van der Waals surface area contributed by atoms with Crippen molar-refractivity contribution in [3.8, 4) is 0 Å². The first-order valence-electron chi connectivity index (χ1n) is 9.40. The predicted molar refractivity (Wildman–Crippen MR) is 119 cm³/mol. The highest BCUT2D eigenvalue weighted by atomic mass is 35.5. The molecule has 2 N–H and O–H groups in total. The quantitative estimate of drug-likeness (QED) is 0.498. The Morgan fingerprint density at radius 1 is 1.47 bits per heavy atom. The van der Waals surface area contributed by atoms with E-state index in [1.54, 1.807) is 16.8 Å². The van der Waals surface area contributed by atoms with E-state index >= 15 is 4.39 Å². The number of aromatic nitrogens is 1. The van der Waals surface area contributed by atoms with Gasteiger partial charge in [-0.2, -0.15) is 0 Å². The van der Waals surface area contributed by atoms with Gasteiger partial charge in [0.1, 0.15) is 16.2 Å². The van der Waals surface area contributed by atoms with E-state index in [1.165, 1.54) is 17.4 Å². The number of benzene rings is 1. The lowest BCUT2D eigenvalue weighted by molar-refractivity contribution is 0.0697. The molecule has 1 aromatic carbocycles. The van der Waals surface area contributed by atoms with Gasteiger partial charge < -0.3 is 15.3 Å². The molecule has 0 spiro atoms. The van der Waals surface area contributed by atoms with Crippen LogP contribution in [0.15, 0.2) is 21.2 Å². The van der Waals surface area contributed by atoms with E-state index < -0.39 is 17.2 Å². The standard InChI is InChI=1S/C20H19FN4O3S.ClH/c1-22-6-9-3-4-24(7-9)17-11(21)5-10-16-13(17)15(23-2)12-8-29-19(25(12)16)14(18(10)26)20(27)28;/h5,8-9,22H,3-4,6-7H2,1-2H3,(H,27,28);1H. The van der Waals surface area contributed by atoms with Crippen LogP contribution in [0.4, 0.5) is 10.1 Å².